The van der Waals surface area contributed by atoms with Gasteiger partial charge >= 0.3 is 6.18 Å². The second-order valence-corrected chi connectivity index (χ2v) is 7.03. The lowest BCUT2D eigenvalue weighted by Gasteiger charge is -2.37. The number of rotatable bonds is 6. The third kappa shape index (κ3) is 7.87. The van der Waals surface area contributed by atoms with Gasteiger partial charge in [-0.3, -0.25) is 9.89 Å². The van der Waals surface area contributed by atoms with Crippen molar-refractivity contribution >= 4 is 46.3 Å². The van der Waals surface area contributed by atoms with E-state index in [0.29, 0.717) is 19.5 Å². The quantitative estimate of drug-likeness (QED) is 0.279. The van der Waals surface area contributed by atoms with E-state index in [1.54, 1.807) is 18.4 Å². The molecule has 150 valence electrons. The maximum Gasteiger partial charge on any atom is 0.401 e. The Morgan fingerprint density at radius 3 is 2.54 bits per heavy atom. The number of hydrogen-bond donors (Lipinski definition) is 1. The third-order valence-corrected chi connectivity index (χ3v) is 4.99. The van der Waals surface area contributed by atoms with Crippen molar-refractivity contribution in [1.82, 2.24) is 15.1 Å². The molecule has 1 aliphatic heterocycles. The zero-order valence-corrected chi connectivity index (χ0v) is 18.3. The van der Waals surface area contributed by atoms with E-state index in [1.807, 2.05) is 0 Å². The van der Waals surface area contributed by atoms with Crippen LogP contribution in [0.25, 0.3) is 0 Å². The van der Waals surface area contributed by atoms with E-state index in [2.05, 4.69) is 37.6 Å². The smallest absolute Gasteiger partial charge is 0.360 e. The summed E-state index contributed by atoms with van der Waals surface area (Å²) in [7, 11) is 3.23. The molecule has 2 rings (SSSR count). The molecule has 1 fully saturated rings. The SMILES string of the molecule is CN=C(NCCCN(C)CC(F)(F)F)N1CCN(c2cccs2)CC1.I. The summed E-state index contributed by atoms with van der Waals surface area (Å²) in [6, 6.07) is 4.19. The number of thiophene rings is 1. The van der Waals surface area contributed by atoms with E-state index in [9.17, 15) is 13.2 Å². The van der Waals surface area contributed by atoms with Crippen LogP contribution in [0, 0.1) is 0 Å². The minimum absolute atomic E-state index is 0. The summed E-state index contributed by atoms with van der Waals surface area (Å²) in [4.78, 5) is 10.2. The number of guanidine groups is 1. The maximum atomic E-state index is 12.3. The Labute approximate surface area is 174 Å². The summed E-state index contributed by atoms with van der Waals surface area (Å²) in [6.07, 6.45) is -3.50. The third-order valence-electron chi connectivity index (χ3n) is 4.06. The van der Waals surface area contributed by atoms with Crippen LogP contribution in [-0.4, -0.2) is 81.8 Å². The molecule has 1 aromatic rings. The van der Waals surface area contributed by atoms with Crippen LogP contribution in [0.15, 0.2) is 22.5 Å². The van der Waals surface area contributed by atoms with Gasteiger partial charge in [0.05, 0.1) is 11.5 Å². The van der Waals surface area contributed by atoms with Gasteiger partial charge in [-0.05, 0) is 37.5 Å². The van der Waals surface area contributed by atoms with E-state index < -0.39 is 12.7 Å². The van der Waals surface area contributed by atoms with Crippen molar-refractivity contribution in [2.75, 3.05) is 64.8 Å². The van der Waals surface area contributed by atoms with Crippen molar-refractivity contribution in [2.45, 2.75) is 12.6 Å². The first-order valence-corrected chi connectivity index (χ1v) is 9.26. The summed E-state index contributed by atoms with van der Waals surface area (Å²) in [5, 5.41) is 6.63. The largest absolute Gasteiger partial charge is 0.401 e. The van der Waals surface area contributed by atoms with Crippen molar-refractivity contribution in [3.8, 4) is 0 Å². The topological polar surface area (TPSA) is 34.1 Å². The fourth-order valence-corrected chi connectivity index (χ4v) is 3.64. The molecule has 0 unspecified atom stereocenters. The summed E-state index contributed by atoms with van der Waals surface area (Å²) < 4.78 is 36.9. The van der Waals surface area contributed by atoms with Crippen LogP contribution >= 0.6 is 35.3 Å². The van der Waals surface area contributed by atoms with E-state index >= 15 is 0 Å². The molecule has 1 N–H and O–H groups in total. The highest BCUT2D eigenvalue weighted by Gasteiger charge is 2.28. The fraction of sp³-hybridized carbons (Fsp3) is 0.688. The zero-order chi connectivity index (χ0) is 18.3. The van der Waals surface area contributed by atoms with Crippen LogP contribution in [0.2, 0.25) is 0 Å². The molecule has 0 spiro atoms. The molecule has 0 atom stereocenters. The number of aliphatic imine (C=N–C) groups is 1. The molecule has 5 nitrogen and oxygen atoms in total. The monoisotopic (exact) mass is 505 g/mol. The summed E-state index contributed by atoms with van der Waals surface area (Å²) in [5.41, 5.74) is 0. The summed E-state index contributed by atoms with van der Waals surface area (Å²) in [5.74, 6) is 0.823. The number of nitrogens with zero attached hydrogens (tertiary/aromatic N) is 4. The first kappa shape index (κ1) is 23.3. The molecule has 1 aliphatic rings. The second kappa shape index (κ2) is 11.2. The van der Waals surface area contributed by atoms with Gasteiger partial charge in [0.1, 0.15) is 0 Å². The number of piperazine rings is 1. The lowest BCUT2D eigenvalue weighted by Crippen LogP contribution is -2.52. The van der Waals surface area contributed by atoms with Crippen LogP contribution < -0.4 is 10.2 Å². The first-order chi connectivity index (χ1) is 11.9. The number of alkyl halides is 3. The first-order valence-electron chi connectivity index (χ1n) is 8.38. The van der Waals surface area contributed by atoms with E-state index in [1.165, 1.54) is 16.9 Å². The lowest BCUT2D eigenvalue weighted by molar-refractivity contribution is -0.143. The van der Waals surface area contributed by atoms with Gasteiger partial charge in [-0.25, -0.2) is 0 Å². The van der Waals surface area contributed by atoms with Crippen molar-refractivity contribution in [3.63, 3.8) is 0 Å². The maximum absolute atomic E-state index is 12.3. The van der Waals surface area contributed by atoms with Crippen LogP contribution in [-0.2, 0) is 0 Å². The Morgan fingerprint density at radius 1 is 1.31 bits per heavy atom. The lowest BCUT2D eigenvalue weighted by atomic mass is 10.3. The van der Waals surface area contributed by atoms with Gasteiger partial charge in [0.15, 0.2) is 5.96 Å². The number of halogens is 4. The van der Waals surface area contributed by atoms with E-state index in [4.69, 9.17) is 0 Å². The number of nitrogens with one attached hydrogen (secondary N) is 1. The van der Waals surface area contributed by atoms with Gasteiger partial charge in [0, 0.05) is 39.8 Å². The molecule has 2 heterocycles. The van der Waals surface area contributed by atoms with Crippen molar-refractivity contribution in [1.29, 1.82) is 0 Å². The predicted octanol–water partition coefficient (Wildman–Crippen LogP) is 2.95. The second-order valence-electron chi connectivity index (χ2n) is 6.11. The Bertz CT molecular complexity index is 530. The molecule has 0 radical (unpaired) electrons. The predicted molar refractivity (Wildman–Crippen MR) is 113 cm³/mol. The van der Waals surface area contributed by atoms with Crippen molar-refractivity contribution in [3.05, 3.63) is 17.5 Å². The molecule has 0 saturated carbocycles. The van der Waals surface area contributed by atoms with Crippen molar-refractivity contribution in [2.24, 2.45) is 4.99 Å². The molecular weight excluding hydrogens is 478 g/mol. The average molecular weight is 505 g/mol. The Hall–Kier alpha value is -0.750. The van der Waals surface area contributed by atoms with Crippen LogP contribution in [0.3, 0.4) is 0 Å². The standard InChI is InChI=1S/C16H26F3N5S.HI/c1-20-15(21-6-4-7-22(2)13-16(17,18)19)24-10-8-23(9-11-24)14-5-3-12-25-14;/h3,5,12H,4,6-11,13H2,1-2H3,(H,20,21);1H. The molecule has 0 aromatic carbocycles. The van der Waals surface area contributed by atoms with Gasteiger partial charge in [-0.1, -0.05) is 0 Å². The molecule has 10 heteroatoms. The molecule has 1 aromatic heterocycles. The van der Waals surface area contributed by atoms with Crippen LogP contribution in [0.5, 0.6) is 0 Å². The molecule has 0 bridgehead atoms. The van der Waals surface area contributed by atoms with E-state index in [0.717, 1.165) is 32.1 Å². The van der Waals surface area contributed by atoms with Crippen LogP contribution in [0.1, 0.15) is 6.42 Å². The Morgan fingerprint density at radius 2 is 2.00 bits per heavy atom. The molecular formula is C16H27F3IN5S. The van der Waals surface area contributed by atoms with Gasteiger partial charge in [0.25, 0.3) is 0 Å². The summed E-state index contributed by atoms with van der Waals surface area (Å²) in [6.45, 7) is 3.78. The Balaban J connectivity index is 0.00000338. The minimum Gasteiger partial charge on any atom is -0.360 e. The highest BCUT2D eigenvalue weighted by molar-refractivity contribution is 14.0. The van der Waals surface area contributed by atoms with E-state index in [-0.39, 0.29) is 24.0 Å². The molecule has 0 amide bonds. The Kier molecular flexibility index (Phi) is 10.0. The highest BCUT2D eigenvalue weighted by atomic mass is 127. The van der Waals surface area contributed by atoms with Gasteiger partial charge in [-0.2, -0.15) is 13.2 Å². The fourth-order valence-electron chi connectivity index (χ4n) is 2.86. The van der Waals surface area contributed by atoms with Gasteiger partial charge in [-0.15, -0.1) is 35.3 Å². The summed E-state index contributed by atoms with van der Waals surface area (Å²) >= 11 is 1.74. The number of hydrogen-bond acceptors (Lipinski definition) is 4. The highest BCUT2D eigenvalue weighted by Crippen LogP contribution is 2.22. The molecule has 1 saturated heterocycles. The minimum atomic E-state index is -4.14. The van der Waals surface area contributed by atoms with Crippen LogP contribution in [0.4, 0.5) is 18.2 Å². The molecule has 0 aliphatic carbocycles. The average Bonchev–Trinajstić information content (AvgIpc) is 3.08. The zero-order valence-electron chi connectivity index (χ0n) is 15.1. The van der Waals surface area contributed by atoms with Gasteiger partial charge < -0.3 is 15.1 Å². The number of anilines is 1. The normalized spacial score (nSPS) is 16.0. The molecule has 26 heavy (non-hydrogen) atoms. The van der Waals surface area contributed by atoms with Gasteiger partial charge in [0.2, 0.25) is 0 Å². The van der Waals surface area contributed by atoms with Crippen molar-refractivity contribution < 1.29 is 13.2 Å².